The quantitative estimate of drug-likeness (QED) is 0.116. The third-order valence-corrected chi connectivity index (χ3v) is 5.73. The van der Waals surface area contributed by atoms with Crippen LogP contribution in [0.5, 0.6) is 0 Å². The average molecular weight is 525 g/mol. The smallest absolute Gasteiger partial charge is 0.103 e. The Kier molecular flexibility index (Phi) is 13.3. The van der Waals surface area contributed by atoms with Crippen LogP contribution in [0.4, 0.5) is 5.69 Å². The van der Waals surface area contributed by atoms with Crippen molar-refractivity contribution < 1.29 is 40.6 Å². The Labute approximate surface area is 217 Å². The summed E-state index contributed by atoms with van der Waals surface area (Å²) in [4.78, 5) is 26.6. The fourth-order valence-corrected chi connectivity index (χ4v) is 4.11. The number of aromatic nitrogens is 1. The molecule has 208 valence electrons. The Balaban J connectivity index is 2.43. The third kappa shape index (κ3) is 11.0. The molecule has 12 heteroatoms. The van der Waals surface area contributed by atoms with Crippen LogP contribution in [0, 0.1) is 0 Å². The monoisotopic (exact) mass is 524 g/mol. The van der Waals surface area contributed by atoms with Gasteiger partial charge in [0.05, 0.1) is 11.4 Å². The van der Waals surface area contributed by atoms with Crippen molar-refractivity contribution in [3.63, 3.8) is 0 Å². The highest BCUT2D eigenvalue weighted by Gasteiger charge is 2.19. The Hall–Kier alpha value is -2.23. The van der Waals surface area contributed by atoms with E-state index in [1.54, 1.807) is 27.7 Å². The number of benzene rings is 1. The van der Waals surface area contributed by atoms with Crippen LogP contribution in [-0.4, -0.2) is 86.4 Å². The van der Waals surface area contributed by atoms with Gasteiger partial charge in [0.1, 0.15) is 24.4 Å². The Morgan fingerprint density at radius 1 is 0.649 bits per heavy atom. The van der Waals surface area contributed by atoms with Gasteiger partial charge in [-0.15, -0.1) is 0 Å². The van der Waals surface area contributed by atoms with Crippen LogP contribution in [0.1, 0.15) is 39.1 Å². The topological polar surface area (TPSA) is 163 Å². The lowest BCUT2D eigenvalue weighted by molar-refractivity contribution is -0.286. The minimum atomic E-state index is -0.471. The Morgan fingerprint density at radius 2 is 1.00 bits per heavy atom. The summed E-state index contributed by atoms with van der Waals surface area (Å²) >= 11 is 0. The molecule has 4 atom stereocenters. The van der Waals surface area contributed by atoms with Gasteiger partial charge in [-0.1, -0.05) is 12.1 Å². The van der Waals surface area contributed by atoms with E-state index in [4.69, 9.17) is 31.7 Å². The molecule has 37 heavy (non-hydrogen) atoms. The number of nitrogen functional groups attached to an aromatic ring is 1. The minimum absolute atomic E-state index is 0.371. The molecule has 0 aliphatic heterocycles. The van der Waals surface area contributed by atoms with Crippen molar-refractivity contribution in [2.24, 2.45) is 0 Å². The van der Waals surface area contributed by atoms with Gasteiger partial charge in [-0.05, 0) is 63.1 Å². The molecule has 0 bridgehead atoms. The fraction of sp³-hybridized carbons (Fsp3) is 0.560. The van der Waals surface area contributed by atoms with Crippen molar-refractivity contribution in [2.45, 2.75) is 65.2 Å². The average Bonchev–Trinajstić information content (AvgIpc) is 2.88. The Bertz CT molecular complexity index is 848. The first-order valence-electron chi connectivity index (χ1n) is 12.2. The van der Waals surface area contributed by atoms with Gasteiger partial charge < -0.3 is 5.73 Å². The van der Waals surface area contributed by atoms with Crippen LogP contribution < -0.4 is 5.73 Å². The molecule has 0 aliphatic rings. The van der Waals surface area contributed by atoms with E-state index < -0.39 is 24.4 Å². The highest BCUT2D eigenvalue weighted by molar-refractivity contribution is 5.66. The van der Waals surface area contributed by atoms with Gasteiger partial charge in [0.25, 0.3) is 0 Å². The molecule has 0 fully saturated rings. The SMILES string of the molecule is CC(CN(Cc1cc(-c2ccc(N)cc2)cc(CN(CC(C)OO)CC(C)OO)n1)CC(C)OO)OO. The maximum atomic E-state index is 9.09. The van der Waals surface area contributed by atoms with E-state index in [1.807, 2.05) is 46.2 Å². The maximum absolute atomic E-state index is 9.09. The zero-order valence-electron chi connectivity index (χ0n) is 21.9. The van der Waals surface area contributed by atoms with Crippen molar-refractivity contribution in [3.8, 4) is 11.1 Å². The number of rotatable bonds is 17. The number of pyridine rings is 1. The fourth-order valence-electron chi connectivity index (χ4n) is 4.11. The van der Waals surface area contributed by atoms with Gasteiger partial charge >= 0.3 is 0 Å². The molecule has 2 rings (SSSR count). The molecule has 2 aromatic rings. The molecule has 1 aromatic carbocycles. The van der Waals surface area contributed by atoms with Crippen LogP contribution in [-0.2, 0) is 32.6 Å². The van der Waals surface area contributed by atoms with Crippen molar-refractivity contribution in [1.82, 2.24) is 14.8 Å². The minimum Gasteiger partial charge on any atom is -0.399 e. The second kappa shape index (κ2) is 15.9. The summed E-state index contributed by atoms with van der Waals surface area (Å²) in [6.45, 7) is 9.19. The van der Waals surface area contributed by atoms with Gasteiger partial charge in [-0.25, -0.2) is 19.6 Å². The summed E-state index contributed by atoms with van der Waals surface area (Å²) in [5.41, 5.74) is 9.91. The van der Waals surface area contributed by atoms with Crippen LogP contribution in [0.3, 0.4) is 0 Å². The summed E-state index contributed by atoms with van der Waals surface area (Å²) in [6, 6.07) is 11.5. The number of anilines is 1. The summed E-state index contributed by atoms with van der Waals surface area (Å²) in [5, 5.41) is 36.4. The lowest BCUT2D eigenvalue weighted by atomic mass is 10.0. The highest BCUT2D eigenvalue weighted by atomic mass is 17.1. The van der Waals surface area contributed by atoms with Crippen LogP contribution >= 0.6 is 0 Å². The van der Waals surface area contributed by atoms with Gasteiger partial charge in [-0.3, -0.25) is 35.8 Å². The largest absolute Gasteiger partial charge is 0.399 e. The molecule has 0 spiro atoms. The molecule has 1 heterocycles. The second-order valence-corrected chi connectivity index (χ2v) is 9.51. The molecule has 0 amide bonds. The van der Waals surface area contributed by atoms with Gasteiger partial charge in [-0.2, -0.15) is 0 Å². The third-order valence-electron chi connectivity index (χ3n) is 5.73. The first-order valence-corrected chi connectivity index (χ1v) is 12.2. The molecule has 0 radical (unpaired) electrons. The molecule has 0 saturated carbocycles. The van der Waals surface area contributed by atoms with Crippen LogP contribution in [0.25, 0.3) is 11.1 Å². The molecule has 0 aliphatic carbocycles. The molecule has 1 aromatic heterocycles. The number of nitrogens with zero attached hydrogens (tertiary/aromatic N) is 3. The molecule has 4 unspecified atom stereocenters. The van der Waals surface area contributed by atoms with Gasteiger partial charge in [0.15, 0.2) is 0 Å². The van der Waals surface area contributed by atoms with Crippen LogP contribution in [0.15, 0.2) is 36.4 Å². The zero-order valence-corrected chi connectivity index (χ0v) is 21.9. The van der Waals surface area contributed by atoms with E-state index in [2.05, 4.69) is 19.6 Å². The van der Waals surface area contributed by atoms with Crippen molar-refractivity contribution in [3.05, 3.63) is 47.8 Å². The van der Waals surface area contributed by atoms with Crippen molar-refractivity contribution in [2.75, 3.05) is 31.9 Å². The van der Waals surface area contributed by atoms with E-state index in [-0.39, 0.29) is 0 Å². The lowest BCUT2D eigenvalue weighted by Gasteiger charge is -2.27. The molecule has 6 N–H and O–H groups in total. The van der Waals surface area contributed by atoms with E-state index in [0.29, 0.717) is 45.0 Å². The molecular weight excluding hydrogens is 484 g/mol. The van der Waals surface area contributed by atoms with Crippen molar-refractivity contribution >= 4 is 5.69 Å². The first-order chi connectivity index (χ1) is 17.7. The number of hydrogen-bond acceptors (Lipinski definition) is 12. The summed E-state index contributed by atoms with van der Waals surface area (Å²) in [6.07, 6.45) is -1.88. The second-order valence-electron chi connectivity index (χ2n) is 9.51. The van der Waals surface area contributed by atoms with E-state index in [0.717, 1.165) is 22.5 Å². The summed E-state index contributed by atoms with van der Waals surface area (Å²) in [7, 11) is 0. The predicted molar refractivity (Wildman–Crippen MR) is 137 cm³/mol. The van der Waals surface area contributed by atoms with E-state index in [1.165, 1.54) is 0 Å². The molecule has 0 saturated heterocycles. The van der Waals surface area contributed by atoms with Gasteiger partial charge in [0, 0.05) is 45.0 Å². The summed E-state index contributed by atoms with van der Waals surface area (Å²) < 4.78 is 0. The standard InChI is InChI=1S/C25H40N4O8/c1-17(34-30)11-28(12-18(2)35-31)15-24-9-22(21-5-7-23(26)8-6-21)10-25(27-24)16-29(13-19(3)36-32)14-20(4)37-33/h5-10,17-20,30-33H,11-16,26H2,1-4H3. The molecule has 12 nitrogen and oxygen atoms in total. The van der Waals surface area contributed by atoms with Crippen LogP contribution in [0.2, 0.25) is 0 Å². The van der Waals surface area contributed by atoms with Gasteiger partial charge in [0.2, 0.25) is 0 Å². The molecular formula is C25H40N4O8. The highest BCUT2D eigenvalue weighted by Crippen LogP contribution is 2.24. The normalized spacial score (nSPS) is 15.2. The lowest BCUT2D eigenvalue weighted by Crippen LogP contribution is -2.38. The Morgan fingerprint density at radius 3 is 1.32 bits per heavy atom. The van der Waals surface area contributed by atoms with E-state index in [9.17, 15) is 0 Å². The predicted octanol–water partition coefficient (Wildman–Crippen LogP) is 3.45. The van der Waals surface area contributed by atoms with Crippen molar-refractivity contribution in [1.29, 1.82) is 0 Å². The summed E-state index contributed by atoms with van der Waals surface area (Å²) in [5.74, 6) is 0. The van der Waals surface area contributed by atoms with E-state index >= 15 is 0 Å². The first kappa shape index (κ1) is 31.0. The maximum Gasteiger partial charge on any atom is 0.103 e. The number of hydrogen-bond donors (Lipinski definition) is 5. The number of nitrogens with two attached hydrogens (primary N) is 1. The zero-order chi connectivity index (χ0) is 27.4.